The molecule has 4 atom stereocenters. The molecule has 3 aliphatic rings. The third-order valence-electron chi connectivity index (χ3n) is 8.03. The summed E-state index contributed by atoms with van der Waals surface area (Å²) in [6.45, 7) is 6.38. The fourth-order valence-electron chi connectivity index (χ4n) is 6.49. The highest BCUT2D eigenvalue weighted by molar-refractivity contribution is 6.31. The van der Waals surface area contributed by atoms with Gasteiger partial charge in [0, 0.05) is 33.6 Å². The molecular formula is C29H34Cl2N2O4. The minimum absolute atomic E-state index is 0.0167. The fourth-order valence-corrected chi connectivity index (χ4v) is 6.85. The normalized spacial score (nSPS) is 31.3. The van der Waals surface area contributed by atoms with Gasteiger partial charge in [0.2, 0.25) is 5.91 Å². The molecule has 2 fully saturated rings. The Morgan fingerprint density at radius 2 is 1.81 bits per heavy atom. The Balaban J connectivity index is 1.64. The van der Waals surface area contributed by atoms with E-state index in [1.807, 2.05) is 24.3 Å². The third kappa shape index (κ3) is 4.89. The van der Waals surface area contributed by atoms with Crippen molar-refractivity contribution >= 4 is 35.1 Å². The molecule has 198 valence electrons. The third-order valence-corrected chi connectivity index (χ3v) is 8.50. The van der Waals surface area contributed by atoms with E-state index in [4.69, 9.17) is 27.9 Å². The molecule has 1 saturated heterocycles. The molecule has 6 nitrogen and oxygen atoms in total. The lowest BCUT2D eigenvalue weighted by atomic mass is 9.62. The van der Waals surface area contributed by atoms with E-state index in [-0.39, 0.29) is 35.5 Å². The Labute approximate surface area is 228 Å². The minimum atomic E-state index is -1.14. The molecule has 0 aromatic heterocycles. The molecule has 37 heavy (non-hydrogen) atoms. The van der Waals surface area contributed by atoms with Crippen molar-refractivity contribution in [2.75, 3.05) is 0 Å². The summed E-state index contributed by atoms with van der Waals surface area (Å²) in [7, 11) is 0. The zero-order valence-corrected chi connectivity index (χ0v) is 22.9. The number of rotatable bonds is 4. The number of nitrogens with one attached hydrogen (secondary N) is 2. The molecule has 5 rings (SSSR count). The number of halogens is 2. The largest absolute Gasteiger partial charge is 0.425 e. The molecule has 2 aliphatic heterocycles. The van der Waals surface area contributed by atoms with Crippen molar-refractivity contribution in [3.05, 3.63) is 63.6 Å². The van der Waals surface area contributed by atoms with Crippen molar-refractivity contribution in [1.29, 1.82) is 0 Å². The van der Waals surface area contributed by atoms with Crippen LogP contribution in [0.25, 0.3) is 0 Å². The Hall–Kier alpha value is -2.12. The van der Waals surface area contributed by atoms with Crippen molar-refractivity contribution in [2.45, 2.75) is 88.4 Å². The summed E-state index contributed by atoms with van der Waals surface area (Å²) in [5, 5.41) is 17.7. The number of fused-ring (bicyclic) bond motifs is 2. The monoisotopic (exact) mass is 544 g/mol. The quantitative estimate of drug-likeness (QED) is 0.366. The molecule has 1 spiro atoms. The number of carbonyl (C=O) groups excluding carboxylic acids is 2. The van der Waals surface area contributed by atoms with Crippen LogP contribution in [-0.4, -0.2) is 41.2 Å². The molecular weight excluding hydrogens is 511 g/mol. The number of hydrogen-bond donors (Lipinski definition) is 3. The van der Waals surface area contributed by atoms with E-state index >= 15 is 0 Å². The number of benzene rings is 2. The maximum absolute atomic E-state index is 14.0. The van der Waals surface area contributed by atoms with Crippen LogP contribution in [0.3, 0.4) is 0 Å². The first kappa shape index (κ1) is 26.5. The Morgan fingerprint density at radius 1 is 1.11 bits per heavy atom. The van der Waals surface area contributed by atoms with Gasteiger partial charge >= 0.3 is 5.97 Å². The number of aliphatic hydroxyl groups excluding tert-OH is 1. The predicted octanol–water partition coefficient (Wildman–Crippen LogP) is 5.13. The molecule has 0 radical (unpaired) electrons. The maximum atomic E-state index is 14.0. The van der Waals surface area contributed by atoms with Crippen LogP contribution in [-0.2, 0) is 15.0 Å². The van der Waals surface area contributed by atoms with Gasteiger partial charge in [-0.3, -0.25) is 9.59 Å². The molecule has 1 saturated carbocycles. The van der Waals surface area contributed by atoms with E-state index < -0.39 is 17.4 Å². The summed E-state index contributed by atoms with van der Waals surface area (Å²) in [6, 6.07) is 11.6. The van der Waals surface area contributed by atoms with Crippen molar-refractivity contribution in [3.63, 3.8) is 0 Å². The van der Waals surface area contributed by atoms with E-state index in [0.717, 1.165) is 24.0 Å². The molecule has 1 amide bonds. The van der Waals surface area contributed by atoms with E-state index in [1.54, 1.807) is 18.2 Å². The Kier molecular flexibility index (Phi) is 7.07. The second kappa shape index (κ2) is 9.88. The van der Waals surface area contributed by atoms with Gasteiger partial charge in [-0.1, -0.05) is 62.2 Å². The summed E-state index contributed by atoms with van der Waals surface area (Å²) in [5.41, 5.74) is 0.270. The zero-order chi connectivity index (χ0) is 26.5. The molecule has 1 aliphatic carbocycles. The van der Waals surface area contributed by atoms with Crippen molar-refractivity contribution in [3.8, 4) is 5.75 Å². The van der Waals surface area contributed by atoms with Crippen LogP contribution < -0.4 is 15.4 Å². The van der Waals surface area contributed by atoms with Gasteiger partial charge in [0.25, 0.3) is 0 Å². The zero-order valence-electron chi connectivity index (χ0n) is 21.4. The number of amides is 1. The van der Waals surface area contributed by atoms with E-state index in [1.165, 1.54) is 0 Å². The Bertz CT molecular complexity index is 1200. The van der Waals surface area contributed by atoms with Gasteiger partial charge in [0.1, 0.15) is 11.2 Å². The Morgan fingerprint density at radius 3 is 2.49 bits per heavy atom. The van der Waals surface area contributed by atoms with Gasteiger partial charge in [-0.05, 0) is 67.3 Å². The van der Waals surface area contributed by atoms with Gasteiger partial charge in [-0.25, -0.2) is 0 Å². The van der Waals surface area contributed by atoms with Gasteiger partial charge in [0.15, 0.2) is 0 Å². The lowest BCUT2D eigenvalue weighted by molar-refractivity contribution is -0.139. The highest BCUT2D eigenvalue weighted by atomic mass is 35.5. The van der Waals surface area contributed by atoms with Crippen molar-refractivity contribution in [2.24, 2.45) is 5.41 Å². The first-order chi connectivity index (χ1) is 17.5. The molecule has 2 heterocycles. The number of hydrogen-bond acceptors (Lipinski definition) is 5. The predicted molar refractivity (Wildman–Crippen MR) is 144 cm³/mol. The van der Waals surface area contributed by atoms with Gasteiger partial charge in [-0.2, -0.15) is 0 Å². The van der Waals surface area contributed by atoms with Crippen LogP contribution in [0.15, 0.2) is 42.5 Å². The molecule has 0 bridgehead atoms. The van der Waals surface area contributed by atoms with Crippen LogP contribution in [0.5, 0.6) is 5.75 Å². The van der Waals surface area contributed by atoms with Gasteiger partial charge in [0.05, 0.1) is 12.1 Å². The number of aliphatic hydroxyl groups is 1. The lowest BCUT2D eigenvalue weighted by Crippen LogP contribution is -2.49. The first-order valence-corrected chi connectivity index (χ1v) is 13.8. The SMILES string of the molecule is CC(C)(C)C[C@H]1N[C@@H](C(=O)NC2CCC(O)CC2)[C@H](c2cccc(Cl)c2)[C@@]12C(=O)Oc1cc(Cl)ccc12. The summed E-state index contributed by atoms with van der Waals surface area (Å²) in [4.78, 5) is 28.0. The van der Waals surface area contributed by atoms with E-state index in [2.05, 4.69) is 31.4 Å². The maximum Gasteiger partial charge on any atom is 0.324 e. The number of esters is 1. The summed E-state index contributed by atoms with van der Waals surface area (Å²) in [6.07, 6.45) is 3.10. The van der Waals surface area contributed by atoms with Crippen LogP contribution in [0, 0.1) is 5.41 Å². The van der Waals surface area contributed by atoms with Crippen LogP contribution in [0.1, 0.15) is 69.9 Å². The van der Waals surface area contributed by atoms with E-state index in [9.17, 15) is 14.7 Å². The highest BCUT2D eigenvalue weighted by Gasteiger charge is 2.67. The summed E-state index contributed by atoms with van der Waals surface area (Å²) >= 11 is 12.7. The smallest absolute Gasteiger partial charge is 0.324 e. The van der Waals surface area contributed by atoms with Crippen LogP contribution >= 0.6 is 23.2 Å². The number of ether oxygens (including phenoxy) is 1. The molecule has 2 aromatic carbocycles. The standard InChI is InChI=1S/C29H34Cl2N2O4/c1-28(2,3)15-23-29(21-12-7-18(31)14-22(21)37-27(29)36)24(16-5-4-6-17(30)13-16)25(33-23)26(35)32-19-8-10-20(34)11-9-19/h4-7,12-14,19-20,23-25,33-34H,8-11,15H2,1-3H3,(H,32,35)/t19?,20?,23-,24+,25-,29+/m1/s1. The highest BCUT2D eigenvalue weighted by Crippen LogP contribution is 2.57. The lowest BCUT2D eigenvalue weighted by Gasteiger charge is -2.36. The average Bonchev–Trinajstić information content (AvgIpc) is 3.29. The van der Waals surface area contributed by atoms with Crippen LogP contribution in [0.2, 0.25) is 10.0 Å². The summed E-state index contributed by atoms with van der Waals surface area (Å²) in [5.74, 6) is -0.653. The second-order valence-corrected chi connectivity index (χ2v) is 12.8. The topological polar surface area (TPSA) is 87.7 Å². The summed E-state index contributed by atoms with van der Waals surface area (Å²) < 4.78 is 5.89. The van der Waals surface area contributed by atoms with Crippen molar-refractivity contribution < 1.29 is 19.4 Å². The van der Waals surface area contributed by atoms with Crippen LogP contribution in [0.4, 0.5) is 0 Å². The molecule has 0 unspecified atom stereocenters. The molecule has 2 aromatic rings. The molecule has 3 N–H and O–H groups in total. The van der Waals surface area contributed by atoms with E-state index in [0.29, 0.717) is 35.1 Å². The fraction of sp³-hybridized carbons (Fsp3) is 0.517. The molecule has 8 heteroatoms. The second-order valence-electron chi connectivity index (χ2n) is 11.9. The van der Waals surface area contributed by atoms with Gasteiger partial charge in [-0.15, -0.1) is 0 Å². The minimum Gasteiger partial charge on any atom is -0.425 e. The number of carbonyl (C=O) groups is 2. The average molecular weight is 546 g/mol. The van der Waals surface area contributed by atoms with Gasteiger partial charge < -0.3 is 20.5 Å². The van der Waals surface area contributed by atoms with Crippen molar-refractivity contribution in [1.82, 2.24) is 10.6 Å². The first-order valence-electron chi connectivity index (χ1n) is 13.0.